The summed E-state index contributed by atoms with van der Waals surface area (Å²) in [5.74, 6) is -1.16. The van der Waals surface area contributed by atoms with Gasteiger partial charge >= 0.3 is 12.1 Å². The van der Waals surface area contributed by atoms with Crippen molar-refractivity contribution in [2.24, 2.45) is 0 Å². The number of carboxylic acid groups (broad SMARTS) is 1. The Hall–Kier alpha value is -3.80. The van der Waals surface area contributed by atoms with E-state index in [9.17, 15) is 14.7 Å². The quantitative estimate of drug-likeness (QED) is 0.511. The van der Waals surface area contributed by atoms with Crippen molar-refractivity contribution < 1.29 is 19.4 Å². The molecule has 0 heterocycles. The molecule has 4 rings (SSSR count). The Bertz CT molecular complexity index is 1110. The van der Waals surface area contributed by atoms with Gasteiger partial charge in [-0.25, -0.2) is 9.59 Å². The number of carboxylic acids is 1. The van der Waals surface area contributed by atoms with E-state index in [0.717, 1.165) is 41.0 Å². The summed E-state index contributed by atoms with van der Waals surface area (Å²) in [6.07, 6.45) is -0.676. The van der Waals surface area contributed by atoms with Crippen molar-refractivity contribution in [3.63, 3.8) is 0 Å². The van der Waals surface area contributed by atoms with Crippen molar-refractivity contribution in [3.8, 4) is 11.1 Å². The standard InChI is InChI=1S/C26H26N2O4/c1-3-28(4-2)17-13-14-24(22(15-17)25(29)30)27-26(31)32-16-23-20-11-7-5-9-18(20)19-10-6-8-12-21(19)23/h5-15,23H,3-4,16H2,1-2H3,(H,27,31)(H,29,30). The minimum absolute atomic E-state index is 0.0305. The Kier molecular flexibility index (Phi) is 6.12. The van der Waals surface area contributed by atoms with Crippen molar-refractivity contribution in [2.45, 2.75) is 19.8 Å². The van der Waals surface area contributed by atoms with Crippen LogP contribution in [0.2, 0.25) is 0 Å². The number of carbonyl (C=O) groups is 2. The second-order valence-electron chi connectivity index (χ2n) is 7.66. The average molecular weight is 431 g/mol. The fraction of sp³-hybridized carbons (Fsp3) is 0.231. The van der Waals surface area contributed by atoms with Gasteiger partial charge in [-0.2, -0.15) is 0 Å². The summed E-state index contributed by atoms with van der Waals surface area (Å²) in [5, 5.41) is 12.2. The number of ether oxygens (including phenoxy) is 1. The Balaban J connectivity index is 1.50. The van der Waals surface area contributed by atoms with Crippen LogP contribution in [0.5, 0.6) is 0 Å². The predicted octanol–water partition coefficient (Wildman–Crippen LogP) is 5.59. The molecule has 0 atom stereocenters. The van der Waals surface area contributed by atoms with E-state index in [4.69, 9.17) is 4.74 Å². The van der Waals surface area contributed by atoms with Crippen molar-refractivity contribution >= 4 is 23.4 Å². The van der Waals surface area contributed by atoms with Crippen molar-refractivity contribution in [1.82, 2.24) is 0 Å². The molecule has 164 valence electrons. The van der Waals surface area contributed by atoms with Gasteiger partial charge in [0.1, 0.15) is 6.61 Å². The van der Waals surface area contributed by atoms with Crippen LogP contribution in [-0.4, -0.2) is 36.9 Å². The van der Waals surface area contributed by atoms with Crippen LogP contribution >= 0.6 is 0 Å². The molecule has 6 heteroatoms. The van der Waals surface area contributed by atoms with E-state index in [0.29, 0.717) is 0 Å². The molecule has 6 nitrogen and oxygen atoms in total. The average Bonchev–Trinajstić information content (AvgIpc) is 3.13. The highest BCUT2D eigenvalue weighted by molar-refractivity contribution is 5.99. The fourth-order valence-electron chi connectivity index (χ4n) is 4.35. The highest BCUT2D eigenvalue weighted by Gasteiger charge is 2.29. The lowest BCUT2D eigenvalue weighted by Gasteiger charge is -2.22. The Labute approximate surface area is 187 Å². The van der Waals surface area contributed by atoms with E-state index in [-0.39, 0.29) is 23.8 Å². The molecule has 1 amide bonds. The van der Waals surface area contributed by atoms with Crippen LogP contribution in [0.1, 0.15) is 41.3 Å². The number of fused-ring (bicyclic) bond motifs is 3. The third-order valence-electron chi connectivity index (χ3n) is 5.94. The van der Waals surface area contributed by atoms with Gasteiger partial charge < -0.3 is 14.7 Å². The first-order valence-electron chi connectivity index (χ1n) is 10.8. The lowest BCUT2D eigenvalue weighted by Crippen LogP contribution is -2.23. The van der Waals surface area contributed by atoms with Gasteiger partial charge in [-0.05, 0) is 54.3 Å². The third-order valence-corrected chi connectivity index (χ3v) is 5.94. The molecule has 2 N–H and O–H groups in total. The van der Waals surface area contributed by atoms with Crippen molar-refractivity contribution in [3.05, 3.63) is 83.4 Å². The first-order valence-corrected chi connectivity index (χ1v) is 10.8. The zero-order chi connectivity index (χ0) is 22.7. The molecule has 3 aromatic rings. The zero-order valence-electron chi connectivity index (χ0n) is 18.2. The number of nitrogens with zero attached hydrogens (tertiary/aromatic N) is 1. The highest BCUT2D eigenvalue weighted by Crippen LogP contribution is 2.44. The van der Waals surface area contributed by atoms with Gasteiger partial charge in [0, 0.05) is 24.7 Å². The largest absolute Gasteiger partial charge is 0.478 e. The van der Waals surface area contributed by atoms with Gasteiger partial charge in [-0.3, -0.25) is 5.32 Å². The summed E-state index contributed by atoms with van der Waals surface area (Å²) in [7, 11) is 0. The molecule has 0 radical (unpaired) electrons. The monoisotopic (exact) mass is 430 g/mol. The normalized spacial score (nSPS) is 12.1. The molecule has 0 saturated heterocycles. The first-order chi connectivity index (χ1) is 15.5. The number of hydrogen-bond acceptors (Lipinski definition) is 4. The lowest BCUT2D eigenvalue weighted by atomic mass is 9.98. The summed E-state index contributed by atoms with van der Waals surface area (Å²) >= 11 is 0. The van der Waals surface area contributed by atoms with Gasteiger partial charge in [0.15, 0.2) is 0 Å². The summed E-state index contributed by atoms with van der Waals surface area (Å²) in [6.45, 7) is 5.70. The van der Waals surface area contributed by atoms with Crippen LogP contribution in [0.15, 0.2) is 66.7 Å². The summed E-state index contributed by atoms with van der Waals surface area (Å²) in [4.78, 5) is 26.4. The Morgan fingerprint density at radius 1 is 0.938 bits per heavy atom. The van der Waals surface area contributed by atoms with E-state index in [2.05, 4.69) is 29.6 Å². The fourth-order valence-corrected chi connectivity index (χ4v) is 4.35. The zero-order valence-corrected chi connectivity index (χ0v) is 18.2. The van der Waals surface area contributed by atoms with E-state index >= 15 is 0 Å². The predicted molar refractivity (Wildman–Crippen MR) is 126 cm³/mol. The molecule has 32 heavy (non-hydrogen) atoms. The molecule has 3 aromatic carbocycles. The molecular formula is C26H26N2O4. The molecule has 1 aliphatic carbocycles. The van der Waals surface area contributed by atoms with Crippen LogP contribution in [0.4, 0.5) is 16.2 Å². The SMILES string of the molecule is CCN(CC)c1ccc(NC(=O)OCC2c3ccccc3-c3ccccc32)c(C(=O)O)c1. The molecule has 0 unspecified atom stereocenters. The van der Waals surface area contributed by atoms with Crippen LogP contribution < -0.4 is 10.2 Å². The number of carbonyl (C=O) groups excluding carboxylic acids is 1. The molecule has 0 saturated carbocycles. The first kappa shape index (κ1) is 21.4. The van der Waals surface area contributed by atoms with Gasteiger partial charge in [0.05, 0.1) is 11.3 Å². The van der Waals surface area contributed by atoms with Gasteiger partial charge in [-0.1, -0.05) is 48.5 Å². The number of benzene rings is 3. The van der Waals surface area contributed by atoms with Crippen LogP contribution in [-0.2, 0) is 4.74 Å². The number of hydrogen-bond donors (Lipinski definition) is 2. The van der Waals surface area contributed by atoms with E-state index < -0.39 is 12.1 Å². The number of rotatable bonds is 7. The Morgan fingerprint density at radius 2 is 1.53 bits per heavy atom. The third kappa shape index (κ3) is 4.04. The van der Waals surface area contributed by atoms with E-state index in [1.807, 2.05) is 43.0 Å². The van der Waals surface area contributed by atoms with E-state index in [1.54, 1.807) is 18.2 Å². The molecule has 0 aromatic heterocycles. The van der Waals surface area contributed by atoms with Gasteiger partial charge in [0.2, 0.25) is 0 Å². The summed E-state index contributed by atoms with van der Waals surface area (Å²) in [5.41, 5.74) is 5.58. The second-order valence-corrected chi connectivity index (χ2v) is 7.66. The van der Waals surface area contributed by atoms with Gasteiger partial charge in [0.25, 0.3) is 0 Å². The Morgan fingerprint density at radius 3 is 2.09 bits per heavy atom. The van der Waals surface area contributed by atoms with Crippen molar-refractivity contribution in [2.75, 3.05) is 29.9 Å². The maximum atomic E-state index is 12.6. The van der Waals surface area contributed by atoms with Crippen LogP contribution in [0.25, 0.3) is 11.1 Å². The van der Waals surface area contributed by atoms with Crippen molar-refractivity contribution in [1.29, 1.82) is 0 Å². The number of nitrogens with one attached hydrogen (secondary N) is 1. The molecule has 0 fully saturated rings. The minimum Gasteiger partial charge on any atom is -0.478 e. The number of amides is 1. The topological polar surface area (TPSA) is 78.9 Å². The number of aromatic carboxylic acids is 1. The second kappa shape index (κ2) is 9.14. The smallest absolute Gasteiger partial charge is 0.411 e. The summed E-state index contributed by atoms with van der Waals surface area (Å²) < 4.78 is 5.54. The molecular weight excluding hydrogens is 404 g/mol. The molecule has 0 spiro atoms. The number of anilines is 2. The van der Waals surface area contributed by atoms with Crippen LogP contribution in [0.3, 0.4) is 0 Å². The maximum Gasteiger partial charge on any atom is 0.411 e. The highest BCUT2D eigenvalue weighted by atomic mass is 16.5. The molecule has 0 aliphatic heterocycles. The summed E-state index contributed by atoms with van der Waals surface area (Å²) in [6, 6.07) is 21.2. The van der Waals surface area contributed by atoms with Gasteiger partial charge in [-0.15, -0.1) is 0 Å². The minimum atomic E-state index is -1.10. The molecule has 0 bridgehead atoms. The van der Waals surface area contributed by atoms with Crippen LogP contribution in [0, 0.1) is 0 Å². The maximum absolute atomic E-state index is 12.6. The lowest BCUT2D eigenvalue weighted by molar-refractivity contribution is 0.0698. The molecule has 1 aliphatic rings. The van der Waals surface area contributed by atoms with E-state index in [1.165, 1.54) is 0 Å².